The molecular weight excluding hydrogens is 502 g/mol. The van der Waals surface area contributed by atoms with E-state index in [-0.39, 0.29) is 24.1 Å². The van der Waals surface area contributed by atoms with Crippen LogP contribution in [0.3, 0.4) is 0 Å². The Bertz CT molecular complexity index is 1520. The fourth-order valence-electron chi connectivity index (χ4n) is 4.48. The van der Waals surface area contributed by atoms with Crippen molar-refractivity contribution in [3.8, 4) is 16.6 Å². The molecular formula is C24H23N5O5S2. The number of hydrogen-bond acceptors (Lipinski definition) is 8. The normalized spacial score (nSPS) is 18.0. The van der Waals surface area contributed by atoms with E-state index >= 15 is 0 Å². The van der Waals surface area contributed by atoms with E-state index < -0.39 is 15.9 Å². The molecule has 1 saturated heterocycles. The maximum absolute atomic E-state index is 13.3. The number of carbonyl (C=O) groups is 1. The van der Waals surface area contributed by atoms with Gasteiger partial charge in [-0.1, -0.05) is 29.5 Å². The molecule has 2 aromatic carbocycles. The van der Waals surface area contributed by atoms with E-state index in [1.165, 1.54) is 15.6 Å². The molecule has 6 rings (SSSR count). The third-order valence-electron chi connectivity index (χ3n) is 6.27. The largest absolute Gasteiger partial charge is 0.454 e. The fraction of sp³-hybridized carbons (Fsp3) is 0.292. The van der Waals surface area contributed by atoms with Gasteiger partial charge >= 0.3 is 0 Å². The number of aromatic nitrogens is 3. The summed E-state index contributed by atoms with van der Waals surface area (Å²) in [6.45, 7) is 2.55. The second-order valence-corrected chi connectivity index (χ2v) is 11.7. The van der Waals surface area contributed by atoms with Crippen molar-refractivity contribution >= 4 is 43.3 Å². The van der Waals surface area contributed by atoms with Crippen molar-refractivity contribution < 1.29 is 22.7 Å². The van der Waals surface area contributed by atoms with Crippen LogP contribution in [0.1, 0.15) is 18.5 Å². The maximum atomic E-state index is 13.3. The zero-order chi connectivity index (χ0) is 24.9. The Balaban J connectivity index is 1.23. The predicted octanol–water partition coefficient (Wildman–Crippen LogP) is 3.56. The molecule has 10 nitrogen and oxygen atoms in total. The van der Waals surface area contributed by atoms with Gasteiger partial charge in [-0.25, -0.2) is 13.4 Å². The second kappa shape index (κ2) is 8.87. The first-order chi connectivity index (χ1) is 17.4. The molecule has 1 fully saturated rings. The Labute approximate surface area is 211 Å². The molecule has 1 N–H and O–H groups in total. The lowest BCUT2D eigenvalue weighted by molar-refractivity contribution is -0.120. The summed E-state index contributed by atoms with van der Waals surface area (Å²) in [4.78, 5) is 18.2. The predicted molar refractivity (Wildman–Crippen MR) is 134 cm³/mol. The van der Waals surface area contributed by atoms with E-state index in [4.69, 9.17) is 9.47 Å². The Morgan fingerprint density at radius 1 is 1.14 bits per heavy atom. The molecule has 0 aliphatic carbocycles. The highest BCUT2D eigenvalue weighted by Crippen LogP contribution is 2.39. The molecule has 2 aliphatic heterocycles. The van der Waals surface area contributed by atoms with Crippen molar-refractivity contribution in [2.75, 3.05) is 25.2 Å². The summed E-state index contributed by atoms with van der Waals surface area (Å²) >= 11 is 1.42. The van der Waals surface area contributed by atoms with Gasteiger partial charge in [0, 0.05) is 31.3 Å². The van der Waals surface area contributed by atoms with E-state index in [1.54, 1.807) is 41.1 Å². The molecule has 12 heteroatoms. The second-order valence-electron chi connectivity index (χ2n) is 8.76. The number of piperidine rings is 1. The number of sulfonamides is 1. The van der Waals surface area contributed by atoms with Gasteiger partial charge in [-0.2, -0.15) is 14.1 Å². The monoisotopic (exact) mass is 525 g/mol. The van der Waals surface area contributed by atoms with Gasteiger partial charge in [0.1, 0.15) is 5.82 Å². The van der Waals surface area contributed by atoms with Crippen LogP contribution in [0.2, 0.25) is 0 Å². The third-order valence-corrected chi connectivity index (χ3v) is 9.14. The Morgan fingerprint density at radius 3 is 2.72 bits per heavy atom. The van der Waals surface area contributed by atoms with Crippen LogP contribution in [0.5, 0.6) is 11.5 Å². The van der Waals surface area contributed by atoms with Gasteiger partial charge in [0.25, 0.3) is 0 Å². The number of fused-ring (bicyclic) bond motifs is 2. The summed E-state index contributed by atoms with van der Waals surface area (Å²) in [6, 6.07) is 13.8. The third kappa shape index (κ3) is 4.10. The van der Waals surface area contributed by atoms with Crippen molar-refractivity contribution in [2.45, 2.75) is 24.7 Å². The first-order valence-corrected chi connectivity index (χ1v) is 13.8. The molecule has 186 valence electrons. The van der Waals surface area contributed by atoms with E-state index in [9.17, 15) is 13.2 Å². The van der Waals surface area contributed by atoms with Crippen LogP contribution in [0.4, 0.5) is 5.82 Å². The highest BCUT2D eigenvalue weighted by molar-refractivity contribution is 7.89. The van der Waals surface area contributed by atoms with Gasteiger partial charge in [0.2, 0.25) is 27.9 Å². The van der Waals surface area contributed by atoms with E-state index in [1.807, 2.05) is 19.1 Å². The van der Waals surface area contributed by atoms with E-state index in [0.717, 1.165) is 15.9 Å². The number of aryl methyl sites for hydroxylation is 1. The van der Waals surface area contributed by atoms with Gasteiger partial charge in [0.05, 0.1) is 26.7 Å². The Morgan fingerprint density at radius 2 is 1.92 bits per heavy atom. The molecule has 0 radical (unpaired) electrons. The standard InChI is InChI=1S/C24H23N5O5S2/c1-15-10-22(29(27-15)24-25-18-11-19-20(34-14-33-19)12-21(18)35-24)26-23(30)16-6-5-9-28(13-16)36(31,32)17-7-3-2-4-8-17/h2-4,7-8,10-12,16H,5-6,9,13-14H2,1H3,(H,26,30). The van der Waals surface area contributed by atoms with Crippen molar-refractivity contribution in [3.63, 3.8) is 0 Å². The van der Waals surface area contributed by atoms with Gasteiger partial charge in [-0.15, -0.1) is 0 Å². The average molecular weight is 526 g/mol. The summed E-state index contributed by atoms with van der Waals surface area (Å²) in [7, 11) is -3.66. The molecule has 0 spiro atoms. The molecule has 2 aliphatic rings. The minimum absolute atomic E-state index is 0.128. The van der Waals surface area contributed by atoms with Crippen LogP contribution in [0.15, 0.2) is 53.4 Å². The first kappa shape index (κ1) is 23.0. The highest BCUT2D eigenvalue weighted by atomic mass is 32.2. The quantitative estimate of drug-likeness (QED) is 0.424. The lowest BCUT2D eigenvalue weighted by Gasteiger charge is -2.31. The lowest BCUT2D eigenvalue weighted by atomic mass is 9.99. The van der Waals surface area contributed by atoms with Crippen molar-refractivity contribution in [3.05, 3.63) is 54.2 Å². The van der Waals surface area contributed by atoms with E-state index in [2.05, 4.69) is 15.4 Å². The summed E-state index contributed by atoms with van der Waals surface area (Å²) < 4.78 is 41.0. The zero-order valence-corrected chi connectivity index (χ0v) is 21.0. The van der Waals surface area contributed by atoms with Crippen molar-refractivity contribution in [1.29, 1.82) is 0 Å². The summed E-state index contributed by atoms with van der Waals surface area (Å²) in [5.74, 6) is 1.09. The number of rotatable bonds is 5. The zero-order valence-electron chi connectivity index (χ0n) is 19.4. The number of nitrogens with zero attached hydrogens (tertiary/aromatic N) is 4. The van der Waals surface area contributed by atoms with Crippen molar-refractivity contribution in [1.82, 2.24) is 19.1 Å². The number of carbonyl (C=O) groups excluding carboxylic acids is 1. The molecule has 4 heterocycles. The highest BCUT2D eigenvalue weighted by Gasteiger charge is 2.33. The number of anilines is 1. The smallest absolute Gasteiger partial charge is 0.243 e. The number of thiazole rings is 1. The molecule has 2 aromatic heterocycles. The fourth-order valence-corrected chi connectivity index (χ4v) is 6.96. The van der Waals surface area contributed by atoms with Crippen LogP contribution in [0.25, 0.3) is 15.3 Å². The van der Waals surface area contributed by atoms with Crippen LogP contribution in [-0.2, 0) is 14.8 Å². The molecule has 0 saturated carbocycles. The molecule has 1 atom stereocenters. The molecule has 1 unspecified atom stereocenters. The number of ether oxygens (including phenoxy) is 2. The SMILES string of the molecule is Cc1cc(NC(=O)C2CCCN(S(=O)(=O)c3ccccc3)C2)n(-c2nc3cc4c(cc3s2)OCO4)n1. The van der Waals surface area contributed by atoms with Crippen LogP contribution in [-0.4, -0.2) is 53.3 Å². The number of benzene rings is 2. The Hall–Kier alpha value is -3.48. The lowest BCUT2D eigenvalue weighted by Crippen LogP contribution is -2.43. The summed E-state index contributed by atoms with van der Waals surface area (Å²) in [5, 5.41) is 8.08. The molecule has 36 heavy (non-hydrogen) atoms. The first-order valence-electron chi connectivity index (χ1n) is 11.5. The minimum atomic E-state index is -3.66. The minimum Gasteiger partial charge on any atom is -0.454 e. The van der Waals surface area contributed by atoms with Gasteiger partial charge in [0.15, 0.2) is 11.5 Å². The number of amides is 1. The average Bonchev–Trinajstić information content (AvgIpc) is 3.60. The maximum Gasteiger partial charge on any atom is 0.243 e. The molecule has 1 amide bonds. The molecule has 4 aromatic rings. The van der Waals surface area contributed by atoms with Gasteiger partial charge in [-0.3, -0.25) is 4.79 Å². The summed E-state index contributed by atoms with van der Waals surface area (Å²) in [5.41, 5.74) is 1.47. The Kier molecular flexibility index (Phi) is 5.66. The van der Waals surface area contributed by atoms with Crippen LogP contribution < -0.4 is 14.8 Å². The number of hydrogen-bond donors (Lipinski definition) is 1. The van der Waals surface area contributed by atoms with Crippen molar-refractivity contribution in [2.24, 2.45) is 5.92 Å². The van der Waals surface area contributed by atoms with E-state index in [0.29, 0.717) is 41.8 Å². The van der Waals surface area contributed by atoms with Crippen LogP contribution in [0, 0.1) is 12.8 Å². The topological polar surface area (TPSA) is 116 Å². The van der Waals surface area contributed by atoms with Gasteiger partial charge in [-0.05, 0) is 31.9 Å². The number of nitrogens with one attached hydrogen (secondary N) is 1. The molecule has 0 bridgehead atoms. The summed E-state index contributed by atoms with van der Waals surface area (Å²) in [6.07, 6.45) is 1.21. The van der Waals surface area contributed by atoms with Crippen LogP contribution >= 0.6 is 11.3 Å². The van der Waals surface area contributed by atoms with Gasteiger partial charge < -0.3 is 14.8 Å².